The highest BCUT2D eigenvalue weighted by molar-refractivity contribution is 7.11. The van der Waals surface area contributed by atoms with Gasteiger partial charge in [-0.25, -0.2) is 4.98 Å². The summed E-state index contributed by atoms with van der Waals surface area (Å²) in [7, 11) is 0. The van der Waals surface area contributed by atoms with Gasteiger partial charge in [-0.2, -0.15) is 0 Å². The van der Waals surface area contributed by atoms with Crippen LogP contribution in [0.4, 0.5) is 0 Å². The molecule has 0 fully saturated rings. The molecule has 0 amide bonds. The summed E-state index contributed by atoms with van der Waals surface area (Å²) in [6, 6.07) is 0. The Morgan fingerprint density at radius 2 is 2.17 bits per heavy atom. The molecule has 0 spiro atoms. The minimum absolute atomic E-state index is 0.748. The fourth-order valence-corrected chi connectivity index (χ4v) is 2.98. The van der Waals surface area contributed by atoms with Gasteiger partial charge in [0.05, 0.1) is 5.01 Å². The summed E-state index contributed by atoms with van der Waals surface area (Å²) in [6.45, 7) is 9.51. The van der Waals surface area contributed by atoms with Crippen molar-refractivity contribution in [1.29, 1.82) is 0 Å². The Hall–Kier alpha value is -0.450. The predicted molar refractivity (Wildman–Crippen MR) is 79.8 cm³/mol. The first-order valence-corrected chi connectivity index (χ1v) is 7.77. The molecule has 1 aromatic rings. The van der Waals surface area contributed by atoms with E-state index < -0.39 is 0 Å². The number of rotatable bonds is 9. The number of nitrogens with one attached hydrogen (secondary N) is 1. The Bertz CT molecular complexity index is 323. The van der Waals surface area contributed by atoms with E-state index in [-0.39, 0.29) is 0 Å². The van der Waals surface area contributed by atoms with Gasteiger partial charge in [0, 0.05) is 17.6 Å². The van der Waals surface area contributed by atoms with Crippen LogP contribution in [-0.2, 0) is 6.54 Å². The number of aromatic nitrogens is 1. The minimum Gasteiger partial charge on any atom is -0.330 e. The molecule has 0 aliphatic carbocycles. The molecule has 1 unspecified atom stereocenters. The van der Waals surface area contributed by atoms with E-state index in [2.05, 4.69) is 24.1 Å². The highest BCUT2D eigenvalue weighted by Gasteiger charge is 2.11. The lowest BCUT2D eigenvalue weighted by Crippen LogP contribution is -2.18. The largest absolute Gasteiger partial charge is 0.330 e. The Kier molecular flexibility index (Phi) is 7.47. The third kappa shape index (κ3) is 5.94. The Labute approximate surface area is 115 Å². The fourth-order valence-electron chi connectivity index (χ4n) is 2.21. The molecule has 3 N–H and O–H groups in total. The SMILES string of the molecule is Cc1ncc(CNCCCC(CCN)C(C)C)s1. The van der Waals surface area contributed by atoms with Crippen molar-refractivity contribution < 1.29 is 0 Å². The average molecular weight is 269 g/mol. The second-order valence-corrected chi connectivity index (χ2v) is 6.57. The average Bonchev–Trinajstić information content (AvgIpc) is 2.73. The second kappa shape index (κ2) is 8.62. The van der Waals surface area contributed by atoms with Crippen LogP contribution in [0.15, 0.2) is 6.20 Å². The van der Waals surface area contributed by atoms with E-state index in [1.54, 1.807) is 11.3 Å². The lowest BCUT2D eigenvalue weighted by atomic mass is 9.88. The molecule has 0 aromatic carbocycles. The van der Waals surface area contributed by atoms with E-state index in [1.165, 1.54) is 17.7 Å². The molecular formula is C14H27N3S. The van der Waals surface area contributed by atoms with Crippen LogP contribution in [0.2, 0.25) is 0 Å². The lowest BCUT2D eigenvalue weighted by Gasteiger charge is -2.19. The summed E-state index contributed by atoms with van der Waals surface area (Å²) < 4.78 is 0. The van der Waals surface area contributed by atoms with Gasteiger partial charge in [0.15, 0.2) is 0 Å². The molecule has 0 aliphatic heterocycles. The van der Waals surface area contributed by atoms with E-state index in [1.807, 2.05) is 13.1 Å². The number of nitrogens with zero attached hydrogens (tertiary/aromatic N) is 1. The molecule has 1 atom stereocenters. The zero-order chi connectivity index (χ0) is 13.4. The van der Waals surface area contributed by atoms with Crippen LogP contribution in [0.3, 0.4) is 0 Å². The quantitative estimate of drug-likeness (QED) is 0.678. The Morgan fingerprint density at radius 3 is 2.72 bits per heavy atom. The monoisotopic (exact) mass is 269 g/mol. The van der Waals surface area contributed by atoms with Crippen LogP contribution in [0, 0.1) is 18.8 Å². The fraction of sp³-hybridized carbons (Fsp3) is 0.786. The summed E-state index contributed by atoms with van der Waals surface area (Å²) >= 11 is 1.77. The predicted octanol–water partition coefficient (Wildman–Crippen LogP) is 2.94. The van der Waals surface area contributed by atoms with Crippen LogP contribution >= 0.6 is 11.3 Å². The Balaban J connectivity index is 2.10. The summed E-state index contributed by atoms with van der Waals surface area (Å²) in [5, 5.41) is 4.64. The van der Waals surface area contributed by atoms with E-state index in [0.29, 0.717) is 0 Å². The van der Waals surface area contributed by atoms with Gasteiger partial charge in [-0.15, -0.1) is 11.3 Å². The molecule has 1 rings (SSSR count). The zero-order valence-corrected chi connectivity index (χ0v) is 12.7. The number of hydrogen-bond donors (Lipinski definition) is 2. The second-order valence-electron chi connectivity index (χ2n) is 5.25. The van der Waals surface area contributed by atoms with Crippen molar-refractivity contribution in [1.82, 2.24) is 10.3 Å². The van der Waals surface area contributed by atoms with Crippen molar-refractivity contribution in [2.24, 2.45) is 17.6 Å². The van der Waals surface area contributed by atoms with Crippen molar-refractivity contribution in [3.63, 3.8) is 0 Å². The van der Waals surface area contributed by atoms with Crippen molar-refractivity contribution in [2.45, 2.75) is 46.6 Å². The number of hydrogen-bond acceptors (Lipinski definition) is 4. The van der Waals surface area contributed by atoms with E-state index in [0.717, 1.165) is 42.9 Å². The van der Waals surface area contributed by atoms with Crippen molar-refractivity contribution in [2.75, 3.05) is 13.1 Å². The normalized spacial score (nSPS) is 13.2. The van der Waals surface area contributed by atoms with Gasteiger partial charge in [-0.1, -0.05) is 13.8 Å². The summed E-state index contributed by atoms with van der Waals surface area (Å²) in [5.74, 6) is 1.53. The maximum atomic E-state index is 5.65. The first kappa shape index (κ1) is 15.6. The van der Waals surface area contributed by atoms with Crippen LogP contribution in [-0.4, -0.2) is 18.1 Å². The molecule has 0 radical (unpaired) electrons. The maximum Gasteiger partial charge on any atom is 0.0897 e. The Morgan fingerprint density at radius 1 is 1.39 bits per heavy atom. The highest BCUT2D eigenvalue weighted by atomic mass is 32.1. The van der Waals surface area contributed by atoms with Gasteiger partial charge in [0.25, 0.3) is 0 Å². The number of aryl methyl sites for hydroxylation is 1. The van der Waals surface area contributed by atoms with Crippen molar-refractivity contribution in [3.8, 4) is 0 Å². The van der Waals surface area contributed by atoms with Crippen LogP contribution < -0.4 is 11.1 Å². The minimum atomic E-state index is 0.748. The zero-order valence-electron chi connectivity index (χ0n) is 11.9. The summed E-state index contributed by atoms with van der Waals surface area (Å²) in [6.07, 6.45) is 5.65. The van der Waals surface area contributed by atoms with E-state index in [9.17, 15) is 0 Å². The lowest BCUT2D eigenvalue weighted by molar-refractivity contribution is 0.331. The van der Waals surface area contributed by atoms with Gasteiger partial charge in [0.2, 0.25) is 0 Å². The molecule has 1 heterocycles. The first-order valence-electron chi connectivity index (χ1n) is 6.95. The topological polar surface area (TPSA) is 50.9 Å². The van der Waals surface area contributed by atoms with Gasteiger partial charge in [-0.3, -0.25) is 0 Å². The van der Waals surface area contributed by atoms with Crippen molar-refractivity contribution in [3.05, 3.63) is 16.1 Å². The molecule has 0 bridgehead atoms. The van der Waals surface area contributed by atoms with Crippen LogP contribution in [0.5, 0.6) is 0 Å². The highest BCUT2D eigenvalue weighted by Crippen LogP contribution is 2.20. The molecule has 104 valence electrons. The summed E-state index contributed by atoms with van der Waals surface area (Å²) in [5.41, 5.74) is 5.65. The van der Waals surface area contributed by atoms with Gasteiger partial charge >= 0.3 is 0 Å². The van der Waals surface area contributed by atoms with Crippen LogP contribution in [0.1, 0.15) is 43.0 Å². The van der Waals surface area contributed by atoms with E-state index in [4.69, 9.17) is 5.73 Å². The van der Waals surface area contributed by atoms with Gasteiger partial charge in [0.1, 0.15) is 0 Å². The third-order valence-electron chi connectivity index (χ3n) is 3.38. The molecule has 1 aromatic heterocycles. The smallest absolute Gasteiger partial charge is 0.0897 e. The van der Waals surface area contributed by atoms with Gasteiger partial charge < -0.3 is 11.1 Å². The van der Waals surface area contributed by atoms with E-state index >= 15 is 0 Å². The van der Waals surface area contributed by atoms with Crippen LogP contribution in [0.25, 0.3) is 0 Å². The van der Waals surface area contributed by atoms with Gasteiger partial charge in [-0.05, 0) is 51.1 Å². The summed E-state index contributed by atoms with van der Waals surface area (Å²) in [4.78, 5) is 5.58. The molecule has 0 saturated carbocycles. The molecular weight excluding hydrogens is 242 g/mol. The van der Waals surface area contributed by atoms with Crippen molar-refractivity contribution >= 4 is 11.3 Å². The first-order chi connectivity index (χ1) is 8.63. The molecule has 4 heteroatoms. The number of thiazole rings is 1. The molecule has 0 aliphatic rings. The maximum absolute atomic E-state index is 5.65. The molecule has 18 heavy (non-hydrogen) atoms. The standard InChI is InChI=1S/C14H27N3S/c1-11(2)13(6-7-15)5-4-8-16-9-14-10-17-12(3)18-14/h10-11,13,16H,4-9,15H2,1-3H3. The molecule has 3 nitrogen and oxygen atoms in total. The number of nitrogens with two attached hydrogens (primary N) is 1. The third-order valence-corrected chi connectivity index (χ3v) is 4.29. The molecule has 0 saturated heterocycles.